The zero-order chi connectivity index (χ0) is 23.6. The molecule has 0 N–H and O–H groups in total. The van der Waals surface area contributed by atoms with Crippen LogP contribution in [0.1, 0.15) is 86.0 Å². The van der Waals surface area contributed by atoms with Gasteiger partial charge in [-0.05, 0) is 62.9 Å². The molecule has 2 aliphatic carbocycles. The maximum Gasteiger partial charge on any atom is 0.147 e. The molecule has 2 aliphatic heterocycles. The molecule has 0 radical (unpaired) electrons. The quantitative estimate of drug-likeness (QED) is 0.464. The zero-order valence-corrected chi connectivity index (χ0v) is 22.3. The molecular formula is C28H54N2O2. The lowest BCUT2D eigenvalue weighted by atomic mass is 9.50. The lowest BCUT2D eigenvalue weighted by Crippen LogP contribution is -2.54. The van der Waals surface area contributed by atoms with Crippen LogP contribution in [0.2, 0.25) is 0 Å². The second-order valence-corrected chi connectivity index (χ2v) is 10.5. The molecule has 0 spiro atoms. The summed E-state index contributed by atoms with van der Waals surface area (Å²) in [6, 6.07) is 0. The van der Waals surface area contributed by atoms with E-state index in [2.05, 4.69) is 44.2 Å². The van der Waals surface area contributed by atoms with Gasteiger partial charge in [0.15, 0.2) is 0 Å². The minimum atomic E-state index is 0.396. The highest BCUT2D eigenvalue weighted by Crippen LogP contribution is 2.58. The van der Waals surface area contributed by atoms with Gasteiger partial charge in [-0.2, -0.15) is 0 Å². The molecule has 5 atom stereocenters. The molecule has 0 aromatic rings. The standard InChI is InChI=1S/C21H36N2O2.C5H12.C2H6/c1-16-4-5-19-17-14-24-15-25-20(17)6-8-21(19,2)18(16)7-9-23-12-10-22(3)11-13-23;1-3-5-4-2;1-2/h17-20H,1,4-15H2,2-3H3;3-5H2,1-2H3;1-2H3. The maximum atomic E-state index is 5.95. The number of ether oxygens (including phenoxy) is 2. The molecule has 0 amide bonds. The first-order valence-electron chi connectivity index (χ1n) is 13.8. The topological polar surface area (TPSA) is 24.9 Å². The largest absolute Gasteiger partial charge is 0.355 e. The number of hydrogen-bond acceptors (Lipinski definition) is 4. The second-order valence-electron chi connectivity index (χ2n) is 10.5. The van der Waals surface area contributed by atoms with Gasteiger partial charge in [0.25, 0.3) is 0 Å². The molecule has 188 valence electrons. The molecule has 4 nitrogen and oxygen atoms in total. The molecule has 2 saturated carbocycles. The summed E-state index contributed by atoms with van der Waals surface area (Å²) in [5, 5.41) is 0. The van der Waals surface area contributed by atoms with E-state index >= 15 is 0 Å². The summed E-state index contributed by atoms with van der Waals surface area (Å²) in [5.41, 5.74) is 1.91. The average Bonchev–Trinajstić information content (AvgIpc) is 2.81. The highest BCUT2D eigenvalue weighted by atomic mass is 16.7. The van der Waals surface area contributed by atoms with E-state index in [1.54, 1.807) is 0 Å². The van der Waals surface area contributed by atoms with Crippen molar-refractivity contribution in [3.8, 4) is 0 Å². The van der Waals surface area contributed by atoms with Crippen molar-refractivity contribution in [2.45, 2.75) is 92.1 Å². The van der Waals surface area contributed by atoms with Crippen LogP contribution in [-0.2, 0) is 9.47 Å². The molecule has 0 bridgehead atoms. The van der Waals surface area contributed by atoms with Crippen LogP contribution >= 0.6 is 0 Å². The van der Waals surface area contributed by atoms with Crippen molar-refractivity contribution >= 4 is 0 Å². The zero-order valence-electron chi connectivity index (χ0n) is 22.3. The number of allylic oxidation sites excluding steroid dienone is 1. The van der Waals surface area contributed by atoms with Crippen molar-refractivity contribution in [1.29, 1.82) is 0 Å². The van der Waals surface area contributed by atoms with Crippen LogP contribution in [0, 0.1) is 23.2 Å². The predicted molar refractivity (Wildman–Crippen MR) is 137 cm³/mol. The Bertz CT molecular complexity index is 530. The summed E-state index contributed by atoms with van der Waals surface area (Å²) in [5.74, 6) is 2.02. The first-order chi connectivity index (χ1) is 15.5. The normalized spacial score (nSPS) is 35.5. The highest BCUT2D eigenvalue weighted by molar-refractivity contribution is 5.15. The van der Waals surface area contributed by atoms with Crippen LogP contribution in [-0.4, -0.2) is 69.1 Å². The average molecular weight is 451 g/mol. The van der Waals surface area contributed by atoms with Crippen molar-refractivity contribution < 1.29 is 9.47 Å². The third-order valence-electron chi connectivity index (χ3n) is 8.59. The van der Waals surface area contributed by atoms with Gasteiger partial charge in [0.1, 0.15) is 6.79 Å². The molecule has 4 heteroatoms. The van der Waals surface area contributed by atoms with Gasteiger partial charge < -0.3 is 19.3 Å². The van der Waals surface area contributed by atoms with Crippen molar-refractivity contribution in [2.24, 2.45) is 23.2 Å². The maximum absolute atomic E-state index is 5.95. The summed E-state index contributed by atoms with van der Waals surface area (Å²) < 4.78 is 11.6. The Hall–Kier alpha value is -0.420. The number of rotatable bonds is 5. The summed E-state index contributed by atoms with van der Waals surface area (Å²) in [4.78, 5) is 5.11. The van der Waals surface area contributed by atoms with Gasteiger partial charge in [0, 0.05) is 32.1 Å². The highest BCUT2D eigenvalue weighted by Gasteiger charge is 2.53. The molecule has 5 unspecified atom stereocenters. The lowest BCUT2D eigenvalue weighted by Gasteiger charge is -2.57. The van der Waals surface area contributed by atoms with Gasteiger partial charge >= 0.3 is 0 Å². The summed E-state index contributed by atoms with van der Waals surface area (Å²) in [6.07, 6.45) is 10.8. The van der Waals surface area contributed by atoms with Crippen LogP contribution in [0.15, 0.2) is 12.2 Å². The molecule has 4 rings (SSSR count). The second kappa shape index (κ2) is 14.1. The van der Waals surface area contributed by atoms with E-state index in [0.717, 1.165) is 12.5 Å². The van der Waals surface area contributed by atoms with E-state index in [1.807, 2.05) is 13.8 Å². The molecular weight excluding hydrogens is 396 g/mol. The van der Waals surface area contributed by atoms with Gasteiger partial charge in [-0.1, -0.05) is 66.0 Å². The Kier molecular flexibility index (Phi) is 12.2. The molecule has 32 heavy (non-hydrogen) atoms. The van der Waals surface area contributed by atoms with E-state index in [9.17, 15) is 0 Å². The Morgan fingerprint density at radius 2 is 1.75 bits per heavy atom. The van der Waals surface area contributed by atoms with Crippen LogP contribution in [0.3, 0.4) is 0 Å². The first-order valence-corrected chi connectivity index (χ1v) is 13.8. The third kappa shape index (κ3) is 7.04. The number of likely N-dealkylation sites (N-methyl/N-ethyl adjacent to an activating group) is 1. The third-order valence-corrected chi connectivity index (χ3v) is 8.59. The van der Waals surface area contributed by atoms with E-state index in [0.29, 0.717) is 30.1 Å². The summed E-state index contributed by atoms with van der Waals surface area (Å²) >= 11 is 0. The van der Waals surface area contributed by atoms with Crippen molar-refractivity contribution in [3.63, 3.8) is 0 Å². The van der Waals surface area contributed by atoms with E-state index in [-0.39, 0.29) is 0 Å². The lowest BCUT2D eigenvalue weighted by molar-refractivity contribution is -0.218. The van der Waals surface area contributed by atoms with Gasteiger partial charge in [-0.25, -0.2) is 0 Å². The molecule has 0 aromatic carbocycles. The van der Waals surface area contributed by atoms with Crippen molar-refractivity contribution in [2.75, 3.05) is 53.2 Å². The Labute approximate surface area is 200 Å². The number of hydrogen-bond donors (Lipinski definition) is 0. The molecule has 2 saturated heterocycles. The number of piperazine rings is 1. The van der Waals surface area contributed by atoms with E-state index in [1.165, 1.54) is 89.7 Å². The van der Waals surface area contributed by atoms with Gasteiger partial charge in [-0.3, -0.25) is 0 Å². The van der Waals surface area contributed by atoms with E-state index in [4.69, 9.17) is 9.47 Å². The van der Waals surface area contributed by atoms with Crippen LogP contribution < -0.4 is 0 Å². The van der Waals surface area contributed by atoms with E-state index < -0.39 is 0 Å². The fourth-order valence-corrected chi connectivity index (χ4v) is 6.58. The summed E-state index contributed by atoms with van der Waals surface area (Å²) in [7, 11) is 2.23. The van der Waals surface area contributed by atoms with Crippen LogP contribution in [0.5, 0.6) is 0 Å². The van der Waals surface area contributed by atoms with Crippen molar-refractivity contribution in [1.82, 2.24) is 9.80 Å². The first kappa shape index (κ1) is 27.8. The molecule has 2 heterocycles. The number of unbranched alkanes of at least 4 members (excludes halogenated alkanes) is 2. The Balaban J connectivity index is 0.000000460. The van der Waals surface area contributed by atoms with Crippen LogP contribution in [0.25, 0.3) is 0 Å². The SMILES string of the molecule is C=C1CCC2C3COCOC3CCC2(C)C1CCN1CCN(C)CC1.CC.CCCCC. The molecule has 4 aliphatic rings. The molecule has 4 fully saturated rings. The van der Waals surface area contributed by atoms with Crippen molar-refractivity contribution in [3.05, 3.63) is 12.2 Å². The van der Waals surface area contributed by atoms with Gasteiger partial charge in [0.05, 0.1) is 12.7 Å². The summed E-state index contributed by atoms with van der Waals surface area (Å²) in [6.45, 7) is 23.0. The molecule has 0 aromatic heterocycles. The fraction of sp³-hybridized carbons (Fsp3) is 0.929. The number of nitrogens with zero attached hydrogens (tertiary/aromatic N) is 2. The minimum Gasteiger partial charge on any atom is -0.355 e. The van der Waals surface area contributed by atoms with Gasteiger partial charge in [-0.15, -0.1) is 0 Å². The predicted octanol–water partition coefficient (Wildman–Crippen LogP) is 6.22. The van der Waals surface area contributed by atoms with Crippen LogP contribution in [0.4, 0.5) is 0 Å². The Morgan fingerprint density at radius 3 is 2.38 bits per heavy atom. The smallest absolute Gasteiger partial charge is 0.147 e. The monoisotopic (exact) mass is 450 g/mol. The number of fused-ring (bicyclic) bond motifs is 3. The Morgan fingerprint density at radius 1 is 1.06 bits per heavy atom. The fourth-order valence-electron chi connectivity index (χ4n) is 6.58. The van der Waals surface area contributed by atoms with Gasteiger partial charge in [0.2, 0.25) is 0 Å². The minimum absolute atomic E-state index is 0.396.